The van der Waals surface area contributed by atoms with E-state index < -0.39 is 0 Å². The van der Waals surface area contributed by atoms with E-state index >= 15 is 0 Å². The highest BCUT2D eigenvalue weighted by Gasteiger charge is 2.42. The minimum Gasteiger partial charge on any atom is -0.327 e. The lowest BCUT2D eigenvalue weighted by atomic mass is 10.1. The molecule has 0 aromatic heterocycles. The first-order valence-corrected chi connectivity index (χ1v) is 5.55. The fraction of sp³-hybridized carbons (Fsp3) is 0.286. The van der Waals surface area contributed by atoms with E-state index in [1.54, 1.807) is 5.57 Å². The molecule has 0 saturated heterocycles. The molecule has 0 aromatic rings. The molecule has 76 valence electrons. The summed E-state index contributed by atoms with van der Waals surface area (Å²) >= 11 is 0. The Labute approximate surface area is 90.4 Å². The molecule has 1 unspecified atom stereocenters. The number of rotatable bonds is 1. The summed E-state index contributed by atoms with van der Waals surface area (Å²) in [6.45, 7) is 0.653. The smallest absolute Gasteiger partial charge is 0.0175 e. The molecule has 1 fully saturated rings. The van der Waals surface area contributed by atoms with Gasteiger partial charge >= 0.3 is 0 Å². The molecule has 3 aliphatic rings. The van der Waals surface area contributed by atoms with Crippen LogP contribution in [-0.4, -0.2) is 6.54 Å². The maximum atomic E-state index is 5.70. The average molecular weight is 197 g/mol. The van der Waals surface area contributed by atoms with Crippen LogP contribution in [0.2, 0.25) is 0 Å². The molecule has 3 aliphatic carbocycles. The van der Waals surface area contributed by atoms with Crippen molar-refractivity contribution >= 4 is 0 Å². The van der Waals surface area contributed by atoms with Crippen LogP contribution >= 0.6 is 0 Å². The Morgan fingerprint density at radius 3 is 3.00 bits per heavy atom. The molecule has 1 heteroatoms. The van der Waals surface area contributed by atoms with Gasteiger partial charge in [0.05, 0.1) is 0 Å². The summed E-state index contributed by atoms with van der Waals surface area (Å²) in [5, 5.41) is 0. The third kappa shape index (κ3) is 1.44. The van der Waals surface area contributed by atoms with Gasteiger partial charge < -0.3 is 5.73 Å². The Morgan fingerprint density at radius 2 is 2.13 bits per heavy atom. The van der Waals surface area contributed by atoms with Crippen molar-refractivity contribution in [1.82, 2.24) is 0 Å². The molecule has 0 spiro atoms. The maximum Gasteiger partial charge on any atom is 0.0175 e. The van der Waals surface area contributed by atoms with Crippen LogP contribution in [0.15, 0.2) is 59.3 Å². The van der Waals surface area contributed by atoms with E-state index in [0.29, 0.717) is 18.4 Å². The van der Waals surface area contributed by atoms with Gasteiger partial charge in [-0.3, -0.25) is 0 Å². The van der Waals surface area contributed by atoms with Crippen LogP contribution in [0, 0.1) is 11.8 Å². The Balaban J connectivity index is 2.02. The lowest BCUT2D eigenvalue weighted by molar-refractivity contribution is 0.976. The first kappa shape index (κ1) is 8.93. The predicted molar refractivity (Wildman–Crippen MR) is 63.2 cm³/mol. The van der Waals surface area contributed by atoms with Gasteiger partial charge in [-0.2, -0.15) is 0 Å². The summed E-state index contributed by atoms with van der Waals surface area (Å²) in [6.07, 6.45) is 16.7. The van der Waals surface area contributed by atoms with E-state index in [2.05, 4.69) is 42.5 Å². The van der Waals surface area contributed by atoms with Crippen LogP contribution in [0.25, 0.3) is 0 Å². The average Bonchev–Trinajstić information content (AvgIpc) is 2.88. The number of hydrogen-bond donors (Lipinski definition) is 1. The fourth-order valence-electron chi connectivity index (χ4n) is 2.52. The van der Waals surface area contributed by atoms with Crippen LogP contribution < -0.4 is 5.73 Å². The molecule has 3 rings (SSSR count). The molecular formula is C14H15N. The van der Waals surface area contributed by atoms with Gasteiger partial charge in [0, 0.05) is 18.4 Å². The highest BCUT2D eigenvalue weighted by Crippen LogP contribution is 2.52. The van der Waals surface area contributed by atoms with Crippen molar-refractivity contribution < 1.29 is 0 Å². The van der Waals surface area contributed by atoms with E-state index in [1.165, 1.54) is 11.1 Å². The molecule has 1 nitrogen and oxygen atoms in total. The summed E-state index contributed by atoms with van der Waals surface area (Å²) in [6, 6.07) is 0. The van der Waals surface area contributed by atoms with Crippen molar-refractivity contribution in [2.24, 2.45) is 17.6 Å². The number of nitrogens with two attached hydrogens (primary N) is 1. The van der Waals surface area contributed by atoms with E-state index in [-0.39, 0.29) is 0 Å². The minimum atomic E-state index is 0.629. The van der Waals surface area contributed by atoms with Crippen LogP contribution in [0.3, 0.4) is 0 Å². The Morgan fingerprint density at radius 1 is 1.20 bits per heavy atom. The SMILES string of the molecule is NCC1=C[C@@H]2C3=C(C=C1)C/C=C/C=C\C32. The van der Waals surface area contributed by atoms with Gasteiger partial charge in [-0.05, 0) is 17.6 Å². The third-order valence-corrected chi connectivity index (χ3v) is 3.40. The largest absolute Gasteiger partial charge is 0.327 e. The zero-order chi connectivity index (χ0) is 10.3. The highest BCUT2D eigenvalue weighted by molar-refractivity contribution is 5.53. The molecular weight excluding hydrogens is 182 g/mol. The molecule has 0 radical (unpaired) electrons. The summed E-state index contributed by atoms with van der Waals surface area (Å²) in [5.41, 5.74) is 10.1. The number of hydrogen-bond acceptors (Lipinski definition) is 1. The second-order valence-corrected chi connectivity index (χ2v) is 4.33. The molecule has 1 saturated carbocycles. The summed E-state index contributed by atoms with van der Waals surface area (Å²) in [7, 11) is 0. The maximum absolute atomic E-state index is 5.70. The molecule has 0 heterocycles. The topological polar surface area (TPSA) is 26.0 Å². The van der Waals surface area contributed by atoms with Gasteiger partial charge in [0.25, 0.3) is 0 Å². The second kappa shape index (κ2) is 3.35. The first-order valence-electron chi connectivity index (χ1n) is 5.55. The standard InChI is InChI=1S/C14H15N/c15-9-10-6-7-11-4-2-1-3-5-12-13(8-10)14(11)12/h1-3,5-8,12-13H,4,9,15H2/b2-1+,5-3-/t12?,13-/m0/s1. The highest BCUT2D eigenvalue weighted by atomic mass is 14.5. The molecule has 2 N–H and O–H groups in total. The van der Waals surface area contributed by atoms with Gasteiger partial charge in [0.15, 0.2) is 0 Å². The van der Waals surface area contributed by atoms with E-state index in [9.17, 15) is 0 Å². The third-order valence-electron chi connectivity index (χ3n) is 3.40. The molecule has 2 atom stereocenters. The number of allylic oxidation sites excluding steroid dienone is 8. The van der Waals surface area contributed by atoms with Crippen LogP contribution in [0.4, 0.5) is 0 Å². The predicted octanol–water partition coefficient (Wildman–Crippen LogP) is 2.50. The Hall–Kier alpha value is -1.34. The minimum absolute atomic E-state index is 0.629. The van der Waals surface area contributed by atoms with Crippen molar-refractivity contribution in [2.75, 3.05) is 6.54 Å². The molecule has 0 amide bonds. The van der Waals surface area contributed by atoms with Gasteiger partial charge in [-0.15, -0.1) is 0 Å². The van der Waals surface area contributed by atoms with Crippen molar-refractivity contribution in [1.29, 1.82) is 0 Å². The second-order valence-electron chi connectivity index (χ2n) is 4.33. The normalized spacial score (nSPS) is 35.9. The molecule has 0 bridgehead atoms. The van der Waals surface area contributed by atoms with Crippen molar-refractivity contribution in [3.8, 4) is 0 Å². The van der Waals surface area contributed by atoms with Gasteiger partial charge in [-0.25, -0.2) is 0 Å². The van der Waals surface area contributed by atoms with E-state index in [0.717, 1.165) is 6.42 Å². The van der Waals surface area contributed by atoms with Crippen molar-refractivity contribution in [2.45, 2.75) is 6.42 Å². The van der Waals surface area contributed by atoms with Gasteiger partial charge in [0.2, 0.25) is 0 Å². The fourth-order valence-corrected chi connectivity index (χ4v) is 2.52. The lowest BCUT2D eigenvalue weighted by Gasteiger charge is -1.99. The summed E-state index contributed by atoms with van der Waals surface area (Å²) in [4.78, 5) is 0. The van der Waals surface area contributed by atoms with Crippen LogP contribution in [-0.2, 0) is 0 Å². The zero-order valence-corrected chi connectivity index (χ0v) is 8.69. The van der Waals surface area contributed by atoms with Gasteiger partial charge in [-0.1, -0.05) is 48.1 Å². The molecule has 0 aromatic carbocycles. The van der Waals surface area contributed by atoms with Crippen LogP contribution in [0.5, 0.6) is 0 Å². The quantitative estimate of drug-likeness (QED) is 0.686. The molecule has 15 heavy (non-hydrogen) atoms. The van der Waals surface area contributed by atoms with E-state index in [1.807, 2.05) is 0 Å². The van der Waals surface area contributed by atoms with Crippen molar-refractivity contribution in [3.05, 3.63) is 59.3 Å². The Bertz CT molecular complexity index is 432. The lowest BCUT2D eigenvalue weighted by Crippen LogP contribution is -2.01. The Kier molecular flexibility index (Phi) is 2.00. The summed E-state index contributed by atoms with van der Waals surface area (Å²) in [5.74, 6) is 1.28. The molecule has 0 aliphatic heterocycles. The van der Waals surface area contributed by atoms with Crippen molar-refractivity contribution in [3.63, 3.8) is 0 Å². The van der Waals surface area contributed by atoms with E-state index in [4.69, 9.17) is 5.73 Å². The zero-order valence-electron chi connectivity index (χ0n) is 8.69. The number of fused-ring (bicyclic) bond motifs is 1. The summed E-state index contributed by atoms with van der Waals surface area (Å²) < 4.78 is 0. The monoisotopic (exact) mass is 197 g/mol. The first-order chi connectivity index (χ1) is 7.40. The van der Waals surface area contributed by atoms with Gasteiger partial charge in [0.1, 0.15) is 0 Å². The van der Waals surface area contributed by atoms with Crippen LogP contribution in [0.1, 0.15) is 6.42 Å².